The molecule has 4 rings (SSSR count). The van der Waals surface area contributed by atoms with Crippen LogP contribution in [0.2, 0.25) is 0 Å². The van der Waals surface area contributed by atoms with Gasteiger partial charge in [0.1, 0.15) is 0 Å². The second-order valence-electron chi connectivity index (χ2n) is 5.39. The smallest absolute Gasteiger partial charge is 0.231 e. The predicted molar refractivity (Wildman–Crippen MR) is 87.4 cm³/mol. The minimum absolute atomic E-state index is 0.0986. The summed E-state index contributed by atoms with van der Waals surface area (Å²) in [5, 5.41) is 2.06. The van der Waals surface area contributed by atoms with Gasteiger partial charge in [-0.25, -0.2) is 4.98 Å². The summed E-state index contributed by atoms with van der Waals surface area (Å²) in [6.45, 7) is 3.11. The van der Waals surface area contributed by atoms with Crippen LogP contribution in [0.4, 0.5) is 0 Å². The van der Waals surface area contributed by atoms with Crippen LogP contribution >= 0.6 is 11.3 Å². The fraction of sp³-hybridized carbons (Fsp3) is 0.312. The monoisotopic (exact) mass is 315 g/mol. The average Bonchev–Trinajstić information content (AvgIpc) is 3.24. The molecule has 0 radical (unpaired) electrons. The van der Waals surface area contributed by atoms with Crippen LogP contribution in [0.15, 0.2) is 29.6 Å². The molecule has 1 aliphatic heterocycles. The third-order valence-corrected chi connectivity index (χ3v) is 4.79. The zero-order chi connectivity index (χ0) is 15.1. The van der Waals surface area contributed by atoms with Crippen molar-refractivity contribution in [2.75, 3.05) is 6.79 Å². The third-order valence-electron chi connectivity index (χ3n) is 3.93. The van der Waals surface area contributed by atoms with Gasteiger partial charge in [-0.15, -0.1) is 11.3 Å². The quantitative estimate of drug-likeness (QED) is 0.803. The van der Waals surface area contributed by atoms with Crippen molar-refractivity contribution >= 4 is 22.4 Å². The van der Waals surface area contributed by atoms with E-state index < -0.39 is 0 Å². The highest BCUT2D eigenvalue weighted by Crippen LogP contribution is 2.38. The summed E-state index contributed by atoms with van der Waals surface area (Å²) in [6, 6.07) is 8.17. The van der Waals surface area contributed by atoms with Gasteiger partial charge in [0.2, 0.25) is 6.79 Å². The van der Waals surface area contributed by atoms with E-state index in [4.69, 9.17) is 20.2 Å². The van der Waals surface area contributed by atoms with Crippen LogP contribution < -0.4 is 15.2 Å². The van der Waals surface area contributed by atoms with E-state index in [9.17, 15) is 0 Å². The van der Waals surface area contributed by atoms with Crippen molar-refractivity contribution in [3.63, 3.8) is 0 Å². The van der Waals surface area contributed by atoms with Gasteiger partial charge in [0.15, 0.2) is 17.3 Å². The number of ether oxygens (including phenoxy) is 2. The Hall–Kier alpha value is -2.05. The first kappa shape index (κ1) is 13.6. The molecular formula is C16H17N3O2S. The normalized spacial score (nSPS) is 14.6. The second-order valence-corrected chi connectivity index (χ2v) is 6.33. The summed E-state index contributed by atoms with van der Waals surface area (Å²) in [5.41, 5.74) is 8.14. The summed E-state index contributed by atoms with van der Waals surface area (Å²) in [4.78, 5) is 5.94. The van der Waals surface area contributed by atoms with E-state index in [1.54, 1.807) is 11.3 Å². The van der Waals surface area contributed by atoms with Crippen LogP contribution in [-0.2, 0) is 6.54 Å². The number of fused-ring (bicyclic) bond motifs is 2. The zero-order valence-electron chi connectivity index (χ0n) is 12.3. The first-order chi connectivity index (χ1) is 10.8. The van der Waals surface area contributed by atoms with Crippen molar-refractivity contribution in [1.29, 1.82) is 0 Å². The molecular weight excluding hydrogens is 298 g/mol. The van der Waals surface area contributed by atoms with Gasteiger partial charge in [-0.1, -0.05) is 13.0 Å². The molecule has 3 aromatic rings. The van der Waals surface area contributed by atoms with Crippen LogP contribution in [0, 0.1) is 0 Å². The Kier molecular flexibility index (Phi) is 3.28. The fourth-order valence-electron chi connectivity index (χ4n) is 2.66. The van der Waals surface area contributed by atoms with Gasteiger partial charge in [0.25, 0.3) is 0 Å². The molecule has 0 bridgehead atoms. The summed E-state index contributed by atoms with van der Waals surface area (Å²) < 4.78 is 13.1. The van der Waals surface area contributed by atoms with Crippen molar-refractivity contribution in [3.8, 4) is 22.2 Å². The summed E-state index contributed by atoms with van der Waals surface area (Å²) in [5.74, 6) is 2.49. The molecule has 0 aliphatic carbocycles. The number of hydrogen-bond donors (Lipinski definition) is 1. The lowest BCUT2D eigenvalue weighted by Crippen LogP contribution is -2.25. The third kappa shape index (κ3) is 2.15. The Morgan fingerprint density at radius 1 is 1.36 bits per heavy atom. The lowest BCUT2D eigenvalue weighted by molar-refractivity contribution is 0.174. The minimum Gasteiger partial charge on any atom is -0.454 e. The van der Waals surface area contributed by atoms with Gasteiger partial charge in [0, 0.05) is 24.7 Å². The Balaban J connectivity index is 1.92. The van der Waals surface area contributed by atoms with E-state index in [1.807, 2.05) is 18.2 Å². The maximum Gasteiger partial charge on any atom is 0.231 e. The van der Waals surface area contributed by atoms with Crippen molar-refractivity contribution in [3.05, 3.63) is 29.6 Å². The Bertz CT molecular complexity index is 811. The van der Waals surface area contributed by atoms with E-state index in [1.165, 1.54) is 0 Å². The van der Waals surface area contributed by atoms with Crippen LogP contribution in [0.1, 0.15) is 13.3 Å². The Morgan fingerprint density at radius 2 is 2.18 bits per heavy atom. The molecule has 22 heavy (non-hydrogen) atoms. The summed E-state index contributed by atoms with van der Waals surface area (Å²) in [7, 11) is 0. The molecule has 1 unspecified atom stereocenters. The highest BCUT2D eigenvalue weighted by atomic mass is 32.1. The molecule has 1 atom stereocenters. The van der Waals surface area contributed by atoms with Crippen LogP contribution in [0.25, 0.3) is 21.7 Å². The number of imidazole rings is 1. The number of hydrogen-bond acceptors (Lipinski definition) is 5. The molecule has 1 aromatic carbocycles. The van der Waals surface area contributed by atoms with Gasteiger partial charge in [-0.05, 0) is 17.9 Å². The standard InChI is InChI=1S/C16H17N3O2S/c1-2-10(17)8-19-12-7-14-13(20-9-21-14)6-11(12)18-16(19)15-4-3-5-22-15/h3-7,10H,2,8-9,17H2,1H3. The van der Waals surface area contributed by atoms with Gasteiger partial charge < -0.3 is 19.8 Å². The Labute approximate surface area is 132 Å². The fourth-order valence-corrected chi connectivity index (χ4v) is 3.38. The number of rotatable bonds is 4. The molecule has 1 aliphatic rings. The molecule has 0 fully saturated rings. The molecule has 0 saturated carbocycles. The summed E-state index contributed by atoms with van der Waals surface area (Å²) in [6.07, 6.45) is 0.925. The van der Waals surface area contributed by atoms with E-state index in [0.717, 1.165) is 46.2 Å². The van der Waals surface area contributed by atoms with Gasteiger partial charge in [-0.3, -0.25) is 0 Å². The van der Waals surface area contributed by atoms with E-state index >= 15 is 0 Å². The highest BCUT2D eigenvalue weighted by molar-refractivity contribution is 7.13. The molecule has 3 heterocycles. The molecule has 0 saturated heterocycles. The number of aromatic nitrogens is 2. The first-order valence-electron chi connectivity index (χ1n) is 7.35. The molecule has 0 spiro atoms. The topological polar surface area (TPSA) is 62.3 Å². The number of benzene rings is 1. The lowest BCUT2D eigenvalue weighted by atomic mass is 10.2. The maximum atomic E-state index is 6.19. The van der Waals surface area contributed by atoms with E-state index in [0.29, 0.717) is 0 Å². The van der Waals surface area contributed by atoms with Crippen molar-refractivity contribution < 1.29 is 9.47 Å². The van der Waals surface area contributed by atoms with Crippen LogP contribution in [0.3, 0.4) is 0 Å². The van der Waals surface area contributed by atoms with E-state index in [-0.39, 0.29) is 12.8 Å². The number of nitrogens with zero attached hydrogens (tertiary/aromatic N) is 2. The molecule has 114 valence electrons. The second kappa shape index (κ2) is 5.30. The highest BCUT2D eigenvalue weighted by Gasteiger charge is 2.21. The number of nitrogens with two attached hydrogens (primary N) is 1. The number of thiophene rings is 1. The minimum atomic E-state index is 0.0986. The molecule has 2 N–H and O–H groups in total. The van der Waals surface area contributed by atoms with Crippen molar-refractivity contribution in [1.82, 2.24) is 9.55 Å². The molecule has 6 heteroatoms. The largest absolute Gasteiger partial charge is 0.454 e. The molecule has 5 nitrogen and oxygen atoms in total. The molecule has 0 amide bonds. The zero-order valence-corrected chi connectivity index (χ0v) is 13.1. The van der Waals surface area contributed by atoms with Gasteiger partial charge in [-0.2, -0.15) is 0 Å². The molecule has 2 aromatic heterocycles. The van der Waals surface area contributed by atoms with Crippen LogP contribution in [0.5, 0.6) is 11.5 Å². The van der Waals surface area contributed by atoms with Gasteiger partial charge in [0.05, 0.1) is 15.9 Å². The lowest BCUT2D eigenvalue weighted by Gasteiger charge is -2.13. The van der Waals surface area contributed by atoms with E-state index in [2.05, 4.69) is 22.9 Å². The average molecular weight is 315 g/mol. The summed E-state index contributed by atoms with van der Waals surface area (Å²) >= 11 is 1.68. The van der Waals surface area contributed by atoms with Crippen molar-refractivity contribution in [2.24, 2.45) is 5.73 Å². The van der Waals surface area contributed by atoms with Crippen LogP contribution in [-0.4, -0.2) is 22.4 Å². The maximum absolute atomic E-state index is 6.19. The van der Waals surface area contributed by atoms with Crippen molar-refractivity contribution in [2.45, 2.75) is 25.9 Å². The predicted octanol–water partition coefficient (Wildman–Crippen LogP) is 3.23. The first-order valence-corrected chi connectivity index (χ1v) is 8.23. The van der Waals surface area contributed by atoms with Gasteiger partial charge >= 0.3 is 0 Å². The SMILES string of the molecule is CCC(N)Cn1c(-c2cccs2)nc2cc3c(cc21)OCO3. The Morgan fingerprint density at radius 3 is 2.91 bits per heavy atom.